The number of carbonyl (C=O) groups excluding carboxylic acids is 1. The molecule has 3 aromatic rings. The van der Waals surface area contributed by atoms with Gasteiger partial charge in [-0.2, -0.15) is 0 Å². The highest BCUT2D eigenvalue weighted by Gasteiger charge is 2.15. The fourth-order valence-corrected chi connectivity index (χ4v) is 4.03. The topological polar surface area (TPSA) is 83.7 Å². The van der Waals surface area contributed by atoms with Crippen molar-refractivity contribution in [2.45, 2.75) is 19.6 Å². The van der Waals surface area contributed by atoms with Crippen molar-refractivity contribution in [3.05, 3.63) is 82.5 Å². The van der Waals surface area contributed by atoms with E-state index in [2.05, 4.69) is 27.1 Å². The molecule has 1 amide bonds. The van der Waals surface area contributed by atoms with E-state index in [4.69, 9.17) is 22.1 Å². The molecule has 4 rings (SSSR count). The molecule has 0 spiro atoms. The molecule has 1 aliphatic rings. The van der Waals surface area contributed by atoms with E-state index < -0.39 is 0 Å². The summed E-state index contributed by atoms with van der Waals surface area (Å²) in [4.78, 5) is 21.6. The van der Waals surface area contributed by atoms with Crippen molar-refractivity contribution in [2.75, 3.05) is 44.3 Å². The number of benzene rings is 2. The highest BCUT2D eigenvalue weighted by atomic mass is 35.5. The molecule has 1 atom stereocenters. The van der Waals surface area contributed by atoms with Crippen LogP contribution in [0.15, 0.2) is 60.8 Å². The monoisotopic (exact) mass is 479 g/mol. The van der Waals surface area contributed by atoms with Crippen LogP contribution in [0.4, 0.5) is 11.5 Å². The second kappa shape index (κ2) is 10.9. The van der Waals surface area contributed by atoms with Crippen LogP contribution in [-0.2, 0) is 6.54 Å². The van der Waals surface area contributed by atoms with Gasteiger partial charge in [0, 0.05) is 56.2 Å². The van der Waals surface area contributed by atoms with Crippen molar-refractivity contribution in [3.8, 4) is 5.75 Å². The zero-order chi connectivity index (χ0) is 24.1. The Bertz CT molecular complexity index is 1130. The van der Waals surface area contributed by atoms with E-state index >= 15 is 0 Å². The molecule has 0 saturated carbocycles. The molecule has 3 N–H and O–H groups in total. The minimum Gasteiger partial charge on any atom is -0.482 e. The van der Waals surface area contributed by atoms with Gasteiger partial charge in [-0.3, -0.25) is 9.69 Å². The van der Waals surface area contributed by atoms with Gasteiger partial charge in [0.05, 0.1) is 5.02 Å². The number of aromatic nitrogens is 1. The standard InChI is InChI=1S/C26H30ClN5O2/c1-18(34-24-15-22(27)16-29-25(24)28)21-4-3-5-23(14-21)30-26(33)20-8-6-19(7-9-20)17-32-12-10-31(2)11-13-32/h3-9,14-16,18H,10-13,17H2,1-2H3,(H2,28,29)(H,30,33)/t18-/m1/s1. The van der Waals surface area contributed by atoms with Gasteiger partial charge in [-0.25, -0.2) is 4.98 Å². The van der Waals surface area contributed by atoms with Gasteiger partial charge >= 0.3 is 0 Å². The Hall–Kier alpha value is -3.13. The van der Waals surface area contributed by atoms with Crippen LogP contribution in [0.1, 0.15) is 34.5 Å². The first kappa shape index (κ1) is 24.0. The summed E-state index contributed by atoms with van der Waals surface area (Å²) in [6.45, 7) is 7.12. The Balaban J connectivity index is 1.36. The normalized spacial score (nSPS) is 15.6. The summed E-state index contributed by atoms with van der Waals surface area (Å²) in [7, 11) is 2.15. The van der Waals surface area contributed by atoms with Gasteiger partial charge in [0.25, 0.3) is 5.91 Å². The van der Waals surface area contributed by atoms with E-state index in [1.54, 1.807) is 6.07 Å². The smallest absolute Gasteiger partial charge is 0.255 e. The fourth-order valence-electron chi connectivity index (χ4n) is 3.88. The number of nitrogens with zero attached hydrogens (tertiary/aromatic N) is 3. The molecule has 2 heterocycles. The van der Waals surface area contributed by atoms with Gasteiger partial charge < -0.3 is 20.7 Å². The second-order valence-electron chi connectivity index (χ2n) is 8.65. The molecule has 178 valence electrons. The summed E-state index contributed by atoms with van der Waals surface area (Å²) >= 11 is 6.00. The zero-order valence-electron chi connectivity index (χ0n) is 19.5. The summed E-state index contributed by atoms with van der Waals surface area (Å²) in [6, 6.07) is 17.0. The van der Waals surface area contributed by atoms with Crippen LogP contribution in [0.2, 0.25) is 5.02 Å². The average molecular weight is 480 g/mol. The number of nitrogen functional groups attached to an aromatic ring is 1. The zero-order valence-corrected chi connectivity index (χ0v) is 20.3. The molecule has 0 radical (unpaired) electrons. The van der Waals surface area contributed by atoms with Crippen LogP contribution >= 0.6 is 11.6 Å². The van der Waals surface area contributed by atoms with Crippen LogP contribution in [0.5, 0.6) is 5.75 Å². The second-order valence-corrected chi connectivity index (χ2v) is 9.09. The van der Waals surface area contributed by atoms with Crippen LogP contribution in [-0.4, -0.2) is 53.9 Å². The van der Waals surface area contributed by atoms with Crippen molar-refractivity contribution in [1.29, 1.82) is 0 Å². The number of carbonyl (C=O) groups is 1. The lowest BCUT2D eigenvalue weighted by atomic mass is 10.1. The number of likely N-dealkylation sites (N-methyl/N-ethyl adjacent to an activating group) is 1. The molecule has 8 heteroatoms. The predicted molar refractivity (Wildman–Crippen MR) is 136 cm³/mol. The van der Waals surface area contributed by atoms with E-state index in [0.29, 0.717) is 22.0 Å². The third-order valence-electron chi connectivity index (χ3n) is 5.98. The van der Waals surface area contributed by atoms with Gasteiger partial charge in [0.2, 0.25) is 0 Å². The maximum Gasteiger partial charge on any atom is 0.255 e. The largest absolute Gasteiger partial charge is 0.482 e. The summed E-state index contributed by atoms with van der Waals surface area (Å²) in [5.74, 6) is 0.544. The van der Waals surface area contributed by atoms with Crippen LogP contribution in [0.25, 0.3) is 0 Å². The summed E-state index contributed by atoms with van der Waals surface area (Å²) in [5, 5.41) is 3.43. The van der Waals surface area contributed by atoms with E-state index in [9.17, 15) is 4.79 Å². The minimum atomic E-state index is -0.312. The van der Waals surface area contributed by atoms with E-state index in [1.807, 2.05) is 55.5 Å². The molecular weight excluding hydrogens is 450 g/mol. The molecule has 34 heavy (non-hydrogen) atoms. The Morgan fingerprint density at radius 2 is 1.88 bits per heavy atom. The molecule has 0 aliphatic carbocycles. The van der Waals surface area contributed by atoms with Crippen molar-refractivity contribution in [2.24, 2.45) is 0 Å². The van der Waals surface area contributed by atoms with Gasteiger partial charge in [-0.1, -0.05) is 35.9 Å². The Kier molecular flexibility index (Phi) is 7.67. The van der Waals surface area contributed by atoms with Crippen molar-refractivity contribution >= 4 is 29.0 Å². The third-order valence-corrected chi connectivity index (χ3v) is 6.19. The van der Waals surface area contributed by atoms with Crippen molar-refractivity contribution in [3.63, 3.8) is 0 Å². The van der Waals surface area contributed by atoms with Gasteiger partial charge in [0.1, 0.15) is 6.10 Å². The molecule has 0 unspecified atom stereocenters. The number of nitrogens with one attached hydrogen (secondary N) is 1. The number of halogens is 1. The summed E-state index contributed by atoms with van der Waals surface area (Å²) in [5.41, 5.74) is 9.30. The number of hydrogen-bond acceptors (Lipinski definition) is 6. The lowest BCUT2D eigenvalue weighted by Gasteiger charge is -2.32. The fraction of sp³-hybridized carbons (Fsp3) is 0.308. The van der Waals surface area contributed by atoms with E-state index in [-0.39, 0.29) is 17.8 Å². The van der Waals surface area contributed by atoms with Gasteiger partial charge in [-0.05, 0) is 49.4 Å². The number of amides is 1. The average Bonchev–Trinajstić information content (AvgIpc) is 2.83. The van der Waals surface area contributed by atoms with Crippen molar-refractivity contribution < 1.29 is 9.53 Å². The highest BCUT2D eigenvalue weighted by Crippen LogP contribution is 2.29. The number of piperazine rings is 1. The Morgan fingerprint density at radius 1 is 1.15 bits per heavy atom. The summed E-state index contributed by atoms with van der Waals surface area (Å²) in [6.07, 6.45) is 1.16. The van der Waals surface area contributed by atoms with Gasteiger partial charge in [-0.15, -0.1) is 0 Å². The molecule has 1 aromatic heterocycles. The van der Waals surface area contributed by atoms with Crippen LogP contribution in [0, 0.1) is 0 Å². The molecule has 1 fully saturated rings. The predicted octanol–water partition coefficient (Wildman–Crippen LogP) is 4.46. The van der Waals surface area contributed by atoms with Gasteiger partial charge in [0.15, 0.2) is 11.6 Å². The SMILES string of the molecule is C[C@@H](Oc1cc(Cl)cnc1N)c1cccc(NC(=O)c2ccc(CN3CCN(C)CC3)cc2)c1. The first-order valence-electron chi connectivity index (χ1n) is 11.4. The first-order valence-corrected chi connectivity index (χ1v) is 11.7. The Morgan fingerprint density at radius 3 is 2.62 bits per heavy atom. The molecule has 1 aliphatic heterocycles. The molecule has 0 bridgehead atoms. The third kappa shape index (κ3) is 6.26. The molecular formula is C26H30ClN5O2. The Labute approximate surface area is 205 Å². The maximum atomic E-state index is 12.8. The first-order chi connectivity index (χ1) is 16.4. The number of ether oxygens (including phenoxy) is 1. The lowest BCUT2D eigenvalue weighted by Crippen LogP contribution is -2.43. The van der Waals surface area contributed by atoms with E-state index in [1.165, 1.54) is 11.8 Å². The van der Waals surface area contributed by atoms with E-state index in [0.717, 1.165) is 38.3 Å². The number of rotatable bonds is 7. The molecule has 1 saturated heterocycles. The highest BCUT2D eigenvalue weighted by molar-refractivity contribution is 6.30. The van der Waals surface area contributed by atoms with Crippen molar-refractivity contribution in [1.82, 2.24) is 14.8 Å². The lowest BCUT2D eigenvalue weighted by molar-refractivity contribution is 0.102. The minimum absolute atomic E-state index is 0.153. The number of nitrogens with two attached hydrogens (primary N) is 1. The number of pyridine rings is 1. The summed E-state index contributed by atoms with van der Waals surface area (Å²) < 4.78 is 5.95. The van der Waals surface area contributed by atoms with Crippen LogP contribution < -0.4 is 15.8 Å². The van der Waals surface area contributed by atoms with Crippen LogP contribution in [0.3, 0.4) is 0 Å². The maximum absolute atomic E-state index is 12.8. The quantitative estimate of drug-likeness (QED) is 0.520. The molecule has 2 aromatic carbocycles. The molecule has 7 nitrogen and oxygen atoms in total. The number of hydrogen-bond donors (Lipinski definition) is 2. The number of anilines is 2.